The minimum atomic E-state index is -0.942. The monoisotopic (exact) mass is 425 g/mol. The summed E-state index contributed by atoms with van der Waals surface area (Å²) >= 11 is 0. The fourth-order valence-corrected chi connectivity index (χ4v) is 3.99. The van der Waals surface area contributed by atoms with Crippen molar-refractivity contribution in [1.82, 2.24) is 9.97 Å². The Labute approximate surface area is 183 Å². The molecule has 1 aliphatic heterocycles. The number of ether oxygens (including phenoxy) is 1. The third-order valence-electron chi connectivity index (χ3n) is 5.81. The van der Waals surface area contributed by atoms with Gasteiger partial charge < -0.3 is 15.2 Å². The van der Waals surface area contributed by atoms with Gasteiger partial charge in [0, 0.05) is 37.3 Å². The van der Waals surface area contributed by atoms with Crippen LogP contribution < -0.4 is 10.1 Å². The average Bonchev–Trinajstić information content (AvgIpc) is 2.77. The molecule has 7 heteroatoms. The summed E-state index contributed by atoms with van der Waals surface area (Å²) in [6.07, 6.45) is 7.25. The molecule has 2 aromatic rings. The van der Waals surface area contributed by atoms with Crippen LogP contribution in [0.4, 0.5) is 5.82 Å². The molecular formula is C24H31N3O4. The fourth-order valence-electron chi connectivity index (χ4n) is 3.99. The molecular weight excluding hydrogens is 394 g/mol. The van der Waals surface area contributed by atoms with E-state index in [0.29, 0.717) is 17.9 Å². The molecule has 0 saturated carbocycles. The lowest BCUT2D eigenvalue weighted by Crippen LogP contribution is -2.15. The molecule has 0 bridgehead atoms. The van der Waals surface area contributed by atoms with Gasteiger partial charge in [-0.2, -0.15) is 0 Å². The van der Waals surface area contributed by atoms with Crippen LogP contribution in [0.5, 0.6) is 5.88 Å². The largest absolute Gasteiger partial charge is 0.481 e. The molecule has 166 valence electrons. The molecule has 31 heavy (non-hydrogen) atoms. The Morgan fingerprint density at radius 3 is 2.81 bits per heavy atom. The number of aliphatic carboxylic acids is 1. The smallest absolute Gasteiger partial charge is 0.311 e. The minimum Gasteiger partial charge on any atom is -0.481 e. The number of nitrogens with zero attached hydrogens (tertiary/aromatic N) is 2. The summed E-state index contributed by atoms with van der Waals surface area (Å²) in [7, 11) is 1.51. The number of aryl methyl sites for hydroxylation is 3. The first-order chi connectivity index (χ1) is 15.0. The number of methoxy groups -OCH3 is 1. The molecule has 3 rings (SSSR count). The molecule has 0 fully saturated rings. The number of ketones is 1. The summed E-state index contributed by atoms with van der Waals surface area (Å²) in [5.41, 5.74) is 4.19. The first-order valence-corrected chi connectivity index (χ1v) is 11.0. The summed E-state index contributed by atoms with van der Waals surface area (Å²) in [6.45, 7) is 3.07. The lowest BCUT2D eigenvalue weighted by atomic mass is 9.93. The number of pyridine rings is 2. The van der Waals surface area contributed by atoms with Gasteiger partial charge in [-0.15, -0.1) is 0 Å². The quantitative estimate of drug-likeness (QED) is 0.523. The molecule has 0 spiro atoms. The highest BCUT2D eigenvalue weighted by molar-refractivity contribution is 5.80. The van der Waals surface area contributed by atoms with Crippen LogP contribution in [0.1, 0.15) is 66.8 Å². The Morgan fingerprint density at radius 1 is 1.26 bits per heavy atom. The lowest BCUT2D eigenvalue weighted by molar-refractivity contribution is -0.139. The number of Topliss-reactive ketones (excluding diaryl/α,β-unsaturated/α-hetero) is 1. The lowest BCUT2D eigenvalue weighted by Gasteiger charge is -2.19. The Balaban J connectivity index is 1.44. The Kier molecular flexibility index (Phi) is 7.98. The molecule has 0 amide bonds. The van der Waals surface area contributed by atoms with Crippen LogP contribution in [0.2, 0.25) is 0 Å². The number of hydrogen-bond donors (Lipinski definition) is 2. The number of fused-ring (bicyclic) bond motifs is 1. The van der Waals surface area contributed by atoms with Crippen molar-refractivity contribution >= 4 is 17.6 Å². The van der Waals surface area contributed by atoms with Gasteiger partial charge in [-0.25, -0.2) is 9.97 Å². The Bertz CT molecular complexity index is 912. The molecule has 0 radical (unpaired) electrons. The van der Waals surface area contributed by atoms with Crippen LogP contribution in [-0.4, -0.2) is 40.5 Å². The predicted octanol–water partition coefficient (Wildman–Crippen LogP) is 4.08. The third kappa shape index (κ3) is 6.26. The summed E-state index contributed by atoms with van der Waals surface area (Å²) < 4.78 is 5.01. The molecule has 1 atom stereocenters. The third-order valence-corrected chi connectivity index (χ3v) is 5.81. The summed E-state index contributed by atoms with van der Waals surface area (Å²) in [5, 5.41) is 12.9. The Hall–Kier alpha value is -2.96. The summed E-state index contributed by atoms with van der Waals surface area (Å²) in [5.74, 6) is -0.136. The predicted molar refractivity (Wildman–Crippen MR) is 119 cm³/mol. The number of anilines is 1. The zero-order valence-electron chi connectivity index (χ0n) is 18.3. The second kappa shape index (κ2) is 10.9. The van der Waals surface area contributed by atoms with Gasteiger partial charge in [-0.05, 0) is 62.1 Å². The summed E-state index contributed by atoms with van der Waals surface area (Å²) in [4.78, 5) is 32.8. The van der Waals surface area contributed by atoms with Gasteiger partial charge in [-0.3, -0.25) is 9.59 Å². The van der Waals surface area contributed by atoms with Crippen LogP contribution in [-0.2, 0) is 22.4 Å². The summed E-state index contributed by atoms with van der Waals surface area (Å²) in [6, 6.07) is 5.56. The number of aromatic nitrogens is 2. The minimum absolute atomic E-state index is 0.101. The van der Waals surface area contributed by atoms with Crippen molar-refractivity contribution in [1.29, 1.82) is 0 Å². The highest BCUT2D eigenvalue weighted by Gasteiger charge is 2.21. The molecule has 1 aliphatic rings. The number of hydrogen-bond acceptors (Lipinski definition) is 6. The molecule has 0 unspecified atom stereocenters. The van der Waals surface area contributed by atoms with E-state index in [1.807, 2.05) is 0 Å². The normalized spacial score (nSPS) is 13.7. The maximum absolute atomic E-state index is 12.3. The van der Waals surface area contributed by atoms with Crippen LogP contribution >= 0.6 is 0 Å². The van der Waals surface area contributed by atoms with Crippen LogP contribution in [0, 0.1) is 6.92 Å². The molecule has 2 aromatic heterocycles. The SMILES string of the molecule is COc1ccc([C@@H](CCC(=O)CCCCc2nc3c(cc2C)CCCN3)C(=O)O)cn1. The number of carboxylic acid groups (broad SMARTS) is 1. The van der Waals surface area contributed by atoms with E-state index in [0.717, 1.165) is 50.2 Å². The van der Waals surface area contributed by atoms with Gasteiger partial charge >= 0.3 is 5.97 Å². The van der Waals surface area contributed by atoms with Crippen LogP contribution in [0.3, 0.4) is 0 Å². The molecule has 7 nitrogen and oxygen atoms in total. The zero-order valence-corrected chi connectivity index (χ0v) is 18.3. The van der Waals surface area contributed by atoms with Crippen molar-refractivity contribution in [2.45, 2.75) is 64.2 Å². The van der Waals surface area contributed by atoms with E-state index in [-0.39, 0.29) is 18.6 Å². The van der Waals surface area contributed by atoms with Crippen LogP contribution in [0.15, 0.2) is 24.4 Å². The first-order valence-electron chi connectivity index (χ1n) is 11.0. The van der Waals surface area contributed by atoms with Crippen molar-refractivity contribution in [3.05, 3.63) is 46.8 Å². The highest BCUT2D eigenvalue weighted by atomic mass is 16.5. The molecule has 3 heterocycles. The highest BCUT2D eigenvalue weighted by Crippen LogP contribution is 2.25. The van der Waals surface area contributed by atoms with Gasteiger partial charge in [0.1, 0.15) is 11.6 Å². The Morgan fingerprint density at radius 2 is 2.10 bits per heavy atom. The topological polar surface area (TPSA) is 101 Å². The van der Waals surface area contributed by atoms with Crippen molar-refractivity contribution < 1.29 is 19.4 Å². The average molecular weight is 426 g/mol. The molecule has 0 aliphatic carbocycles. The van der Waals surface area contributed by atoms with Crippen LogP contribution in [0.25, 0.3) is 0 Å². The number of nitrogens with one attached hydrogen (secondary N) is 1. The van der Waals surface area contributed by atoms with Gasteiger partial charge in [0.25, 0.3) is 0 Å². The number of carboxylic acids is 1. The van der Waals surface area contributed by atoms with E-state index in [9.17, 15) is 14.7 Å². The fraction of sp³-hybridized carbons (Fsp3) is 0.500. The van der Waals surface area contributed by atoms with Crippen molar-refractivity contribution in [3.63, 3.8) is 0 Å². The van der Waals surface area contributed by atoms with Gasteiger partial charge in [0.05, 0.1) is 13.0 Å². The zero-order chi connectivity index (χ0) is 22.2. The van der Waals surface area contributed by atoms with Crippen molar-refractivity contribution in [2.75, 3.05) is 19.0 Å². The number of rotatable bonds is 11. The molecule has 0 saturated heterocycles. The van der Waals surface area contributed by atoms with E-state index < -0.39 is 11.9 Å². The second-order valence-corrected chi connectivity index (χ2v) is 8.10. The number of carbonyl (C=O) groups is 2. The van der Waals surface area contributed by atoms with Crippen molar-refractivity contribution in [2.24, 2.45) is 0 Å². The van der Waals surface area contributed by atoms with E-state index in [1.165, 1.54) is 24.4 Å². The second-order valence-electron chi connectivity index (χ2n) is 8.10. The van der Waals surface area contributed by atoms with E-state index in [4.69, 9.17) is 9.72 Å². The van der Waals surface area contributed by atoms with Gasteiger partial charge in [-0.1, -0.05) is 12.1 Å². The maximum Gasteiger partial charge on any atom is 0.311 e. The van der Waals surface area contributed by atoms with E-state index in [2.05, 4.69) is 23.3 Å². The standard InChI is InChI=1S/C24H31N3O4/c1-16-14-17-6-5-13-25-23(17)27-21(16)8-4-3-7-19(28)10-11-20(24(29)30)18-9-12-22(31-2)26-15-18/h9,12,14-15,20H,3-8,10-11,13H2,1-2H3,(H,25,27)(H,29,30)/t20-/m1/s1. The van der Waals surface area contributed by atoms with Gasteiger partial charge in [0.15, 0.2) is 0 Å². The van der Waals surface area contributed by atoms with Crippen molar-refractivity contribution in [3.8, 4) is 5.88 Å². The maximum atomic E-state index is 12.3. The molecule has 2 N–H and O–H groups in total. The van der Waals surface area contributed by atoms with E-state index >= 15 is 0 Å². The molecule has 0 aromatic carbocycles. The van der Waals surface area contributed by atoms with Gasteiger partial charge in [0.2, 0.25) is 5.88 Å². The van der Waals surface area contributed by atoms with E-state index in [1.54, 1.807) is 12.1 Å². The first kappa shape index (κ1) is 22.7. The number of carbonyl (C=O) groups excluding carboxylic acids is 1. The number of unbranched alkanes of at least 4 members (excludes halogenated alkanes) is 1.